The van der Waals surface area contributed by atoms with Crippen molar-refractivity contribution in [3.05, 3.63) is 35.1 Å². The molecule has 246 valence electrons. The lowest BCUT2D eigenvalue weighted by Gasteiger charge is -2.58. The van der Waals surface area contributed by atoms with Crippen molar-refractivity contribution in [1.29, 1.82) is 0 Å². The van der Waals surface area contributed by atoms with E-state index in [2.05, 4.69) is 0 Å². The van der Waals surface area contributed by atoms with E-state index in [1.165, 1.54) is 12.1 Å². The van der Waals surface area contributed by atoms with E-state index >= 15 is 0 Å². The molecule has 8 atom stereocenters. The van der Waals surface area contributed by atoms with Crippen LogP contribution in [-0.4, -0.2) is 121 Å². The molecule has 2 aliphatic heterocycles. The Morgan fingerprint density at radius 1 is 1.13 bits per heavy atom. The highest BCUT2D eigenvalue weighted by Crippen LogP contribution is 2.62. The summed E-state index contributed by atoms with van der Waals surface area (Å²) in [7, 11) is 1.86. The highest BCUT2D eigenvalue weighted by molar-refractivity contribution is 5.91. The highest BCUT2D eigenvalue weighted by atomic mass is 16.6. The number of aliphatic carboxylic acids is 2. The van der Waals surface area contributed by atoms with Crippen molar-refractivity contribution in [2.45, 2.75) is 87.5 Å². The van der Waals surface area contributed by atoms with E-state index < -0.39 is 83.7 Å². The Morgan fingerprint density at radius 2 is 1.78 bits per heavy atom. The first kappa shape index (κ1) is 33.6. The lowest BCUT2D eigenvalue weighted by molar-refractivity contribution is -0.179. The van der Waals surface area contributed by atoms with Crippen LogP contribution in [0.1, 0.15) is 44.2 Å². The van der Waals surface area contributed by atoms with Gasteiger partial charge in [-0.3, -0.25) is 9.59 Å². The number of carbonyl (C=O) groups is 5. The number of fused-ring (bicyclic) bond motifs is 1. The van der Waals surface area contributed by atoms with Crippen molar-refractivity contribution in [2.24, 2.45) is 0 Å². The molecule has 1 saturated heterocycles. The minimum Gasteiger partial charge on any atom is -0.504 e. The molecule has 0 bridgehead atoms. The molecule has 3 aliphatic rings. The summed E-state index contributed by atoms with van der Waals surface area (Å²) in [6.45, 7) is 5.15. The van der Waals surface area contributed by atoms with Crippen molar-refractivity contribution in [1.82, 2.24) is 10.2 Å². The summed E-state index contributed by atoms with van der Waals surface area (Å²) < 4.78 is 16.3. The third kappa shape index (κ3) is 5.69. The number of esters is 2. The Kier molecular flexibility index (Phi) is 9.17. The Hall–Kier alpha value is -4.25. The topological polar surface area (TPSA) is 250 Å². The van der Waals surface area contributed by atoms with E-state index in [1.807, 2.05) is 24.2 Å². The molecule has 0 unspecified atom stereocenters. The first-order chi connectivity index (χ1) is 21.0. The molecular formula is C29H36N2O14. The number of nitrogens with one attached hydrogen (secondary N) is 1. The maximum atomic E-state index is 13.0. The maximum Gasteiger partial charge on any atom is 0.343 e. The molecule has 16 heteroatoms. The minimum atomic E-state index is -2.55. The van der Waals surface area contributed by atoms with Crippen LogP contribution < -0.4 is 10.1 Å². The summed E-state index contributed by atoms with van der Waals surface area (Å²) in [5, 5.41) is 63.4. The first-order valence-electron chi connectivity index (χ1n) is 14.1. The van der Waals surface area contributed by atoms with Crippen LogP contribution >= 0.6 is 0 Å². The number of phenols is 1. The second-order valence-corrected chi connectivity index (χ2v) is 11.6. The smallest absolute Gasteiger partial charge is 0.343 e. The monoisotopic (exact) mass is 636 g/mol. The maximum absolute atomic E-state index is 13.0. The Morgan fingerprint density at radius 3 is 2.40 bits per heavy atom. The van der Waals surface area contributed by atoms with Gasteiger partial charge < -0.3 is 55.1 Å². The number of likely N-dealkylation sites (N-methyl/N-ethyl adjacent to an activating group) is 1. The standard InChI is InChI=1S/C29H36N2O14/c1-12-5-6-16(32)22-19(12)28-9-10-31(4)14(3)29(28,42)8-7-17(23(28)45-22)44-27(41)21(36)20(35)26(40)43-13(2)24(37)30-15(25(38)39)11-18(33)34/h5-7,13-15,20-21,23,32,35-36,42H,8-11H2,1-4H3,(H,30,37)(H,33,34)(H,38,39)/t13-,14+,15+,20+,21+,23-,28-,29+/m0/s1. The quantitative estimate of drug-likeness (QED) is 0.147. The van der Waals surface area contributed by atoms with Gasteiger partial charge >= 0.3 is 23.9 Å². The van der Waals surface area contributed by atoms with Gasteiger partial charge in [0, 0.05) is 18.0 Å². The summed E-state index contributed by atoms with van der Waals surface area (Å²) in [5.74, 6) is -7.71. The third-order valence-electron chi connectivity index (χ3n) is 8.99. The molecule has 0 radical (unpaired) electrons. The average Bonchev–Trinajstić information content (AvgIpc) is 3.35. The van der Waals surface area contributed by atoms with Crippen LogP contribution in [0.2, 0.25) is 0 Å². The number of phenolic OH excluding ortho intramolecular Hbond substituents is 1. The first-order valence-corrected chi connectivity index (χ1v) is 14.1. The molecule has 16 nitrogen and oxygen atoms in total. The number of aryl methyl sites for hydroxylation is 1. The van der Waals surface area contributed by atoms with Gasteiger partial charge in [-0.25, -0.2) is 14.4 Å². The zero-order valence-electron chi connectivity index (χ0n) is 24.9. The molecule has 7 N–H and O–H groups in total. The number of likely N-dealkylation sites (tertiary alicyclic amines) is 1. The fourth-order valence-electron chi connectivity index (χ4n) is 6.40. The van der Waals surface area contributed by atoms with Crippen LogP contribution in [0.25, 0.3) is 0 Å². The van der Waals surface area contributed by atoms with Crippen molar-refractivity contribution in [2.75, 3.05) is 13.6 Å². The fourth-order valence-corrected chi connectivity index (χ4v) is 6.40. The van der Waals surface area contributed by atoms with E-state index in [-0.39, 0.29) is 23.7 Å². The number of carboxylic acids is 2. The third-order valence-corrected chi connectivity index (χ3v) is 8.99. The molecule has 0 aromatic heterocycles. The number of carboxylic acid groups (broad SMARTS) is 2. The van der Waals surface area contributed by atoms with E-state index in [9.17, 15) is 44.4 Å². The average molecular weight is 637 g/mol. The number of hydrogen-bond donors (Lipinski definition) is 7. The molecule has 1 amide bonds. The summed E-state index contributed by atoms with van der Waals surface area (Å²) in [6.07, 6.45) is -7.17. The van der Waals surface area contributed by atoms with Gasteiger partial charge in [0.15, 0.2) is 35.9 Å². The second-order valence-electron chi connectivity index (χ2n) is 11.6. The van der Waals surface area contributed by atoms with E-state index in [4.69, 9.17) is 24.4 Å². The van der Waals surface area contributed by atoms with Crippen LogP contribution in [0.5, 0.6) is 11.5 Å². The Bertz CT molecular complexity index is 1440. The van der Waals surface area contributed by atoms with E-state index in [0.29, 0.717) is 18.5 Å². The Balaban J connectivity index is 1.51. The SMILES string of the molecule is Cc1ccc(O)c2c1[C@]13CCN(C)[C@H](C)[C@]1(O)CC=C(OC(=O)[C@H](O)[C@@H](O)C(=O)O[C@@H](C)C(=O)N[C@H](CC(=O)O)C(=O)O)[C@@H]3O2. The molecular weight excluding hydrogens is 600 g/mol. The van der Waals surface area contributed by atoms with Gasteiger partial charge in [-0.2, -0.15) is 0 Å². The number of amides is 1. The molecule has 4 rings (SSSR count). The Labute approximate surface area is 256 Å². The zero-order valence-corrected chi connectivity index (χ0v) is 24.9. The van der Waals surface area contributed by atoms with E-state index in [0.717, 1.165) is 12.5 Å². The normalized spacial score (nSPS) is 28.0. The molecule has 1 aliphatic carbocycles. The van der Waals surface area contributed by atoms with Gasteiger partial charge in [-0.1, -0.05) is 6.07 Å². The van der Waals surface area contributed by atoms with Gasteiger partial charge in [0.05, 0.1) is 17.4 Å². The molecule has 1 aromatic carbocycles. The largest absolute Gasteiger partial charge is 0.504 e. The van der Waals surface area contributed by atoms with Gasteiger partial charge in [-0.05, 0) is 58.5 Å². The fraction of sp³-hybridized carbons (Fsp3) is 0.552. The molecule has 1 spiro atoms. The van der Waals surface area contributed by atoms with Crippen molar-refractivity contribution >= 4 is 29.8 Å². The van der Waals surface area contributed by atoms with Gasteiger partial charge in [-0.15, -0.1) is 0 Å². The summed E-state index contributed by atoms with van der Waals surface area (Å²) in [5.41, 5.74) is -1.34. The predicted molar refractivity (Wildman–Crippen MR) is 149 cm³/mol. The molecule has 0 saturated carbocycles. The number of rotatable bonds is 10. The van der Waals surface area contributed by atoms with Crippen LogP contribution in [-0.2, 0) is 38.9 Å². The van der Waals surface area contributed by atoms with Gasteiger partial charge in [0.1, 0.15) is 11.8 Å². The number of aromatic hydroxyl groups is 1. The van der Waals surface area contributed by atoms with Crippen molar-refractivity contribution < 1.29 is 68.8 Å². The summed E-state index contributed by atoms with van der Waals surface area (Å²) in [4.78, 5) is 61.7. The zero-order chi connectivity index (χ0) is 33.6. The number of hydrogen-bond acceptors (Lipinski definition) is 13. The number of carbonyl (C=O) groups excluding carboxylic acids is 3. The van der Waals surface area contributed by atoms with Crippen molar-refractivity contribution in [3.8, 4) is 11.5 Å². The molecule has 2 heterocycles. The number of aliphatic hydroxyl groups excluding tert-OH is 2. The number of benzene rings is 1. The summed E-state index contributed by atoms with van der Waals surface area (Å²) >= 11 is 0. The van der Waals surface area contributed by atoms with Gasteiger partial charge in [0.25, 0.3) is 5.91 Å². The van der Waals surface area contributed by atoms with Crippen LogP contribution in [0.3, 0.4) is 0 Å². The van der Waals surface area contributed by atoms with Crippen molar-refractivity contribution in [3.63, 3.8) is 0 Å². The molecule has 45 heavy (non-hydrogen) atoms. The number of nitrogens with zero attached hydrogens (tertiary/aromatic N) is 1. The van der Waals surface area contributed by atoms with E-state index in [1.54, 1.807) is 13.0 Å². The lowest BCUT2D eigenvalue weighted by atomic mass is 9.54. The van der Waals surface area contributed by atoms with Crippen LogP contribution in [0.15, 0.2) is 24.0 Å². The number of aliphatic hydroxyl groups is 3. The van der Waals surface area contributed by atoms with Gasteiger partial charge in [0.2, 0.25) is 0 Å². The number of ether oxygens (including phenoxy) is 3. The lowest BCUT2D eigenvalue weighted by Crippen LogP contribution is -2.71. The predicted octanol–water partition coefficient (Wildman–Crippen LogP) is -1.32. The minimum absolute atomic E-state index is 0.0119. The highest BCUT2D eigenvalue weighted by Gasteiger charge is 2.69. The molecule has 1 fully saturated rings. The second kappa shape index (κ2) is 12.3. The molecule has 1 aromatic rings. The number of piperidine rings is 1. The summed E-state index contributed by atoms with van der Waals surface area (Å²) in [6, 6.07) is 0.891. The van der Waals surface area contributed by atoms with Crippen LogP contribution in [0, 0.1) is 6.92 Å². The van der Waals surface area contributed by atoms with Crippen LogP contribution in [0.4, 0.5) is 0 Å².